The number of amides is 3. The minimum absolute atomic E-state index is 0.0398. The Kier molecular flexibility index (Phi) is 32.4. The van der Waals surface area contributed by atoms with Gasteiger partial charge >= 0.3 is 19.8 Å². The van der Waals surface area contributed by atoms with Crippen LogP contribution in [0.2, 0.25) is 0 Å². The monoisotopic (exact) mass is 744 g/mol. The fourth-order valence-electron chi connectivity index (χ4n) is 4.23. The maximum absolute atomic E-state index is 12.4. The maximum Gasteiger partial charge on any atom is 0.407 e. The molecule has 0 aromatic heterocycles. The summed E-state index contributed by atoms with van der Waals surface area (Å²) in [5, 5.41) is 8.23. The van der Waals surface area contributed by atoms with Gasteiger partial charge in [0, 0.05) is 31.1 Å². The Labute approximate surface area is 297 Å². The molecule has 2 atom stereocenters. The lowest BCUT2D eigenvalue weighted by molar-refractivity contribution is -0.122. The number of thioether (sulfide) groups is 1. The minimum Gasteiger partial charge on any atom is -0.446 e. The van der Waals surface area contributed by atoms with Crippen molar-refractivity contribution in [1.82, 2.24) is 16.0 Å². The summed E-state index contributed by atoms with van der Waals surface area (Å²) < 4.78 is 37.4. The lowest BCUT2D eigenvalue weighted by atomic mass is 10.1. The van der Waals surface area contributed by atoms with Crippen molar-refractivity contribution in [2.24, 2.45) is 5.73 Å². The summed E-state index contributed by atoms with van der Waals surface area (Å²) >= 11 is 1.32. The summed E-state index contributed by atoms with van der Waals surface area (Å²) in [6, 6.07) is -0.803. The Balaban J connectivity index is 4.33. The largest absolute Gasteiger partial charge is 0.446 e. The van der Waals surface area contributed by atoms with E-state index in [1.807, 2.05) is 0 Å². The lowest BCUT2D eigenvalue weighted by Crippen LogP contribution is -2.43. The smallest absolute Gasteiger partial charge is 0.407 e. The SMILES string of the molecule is CCCCCCCCNC(=O)OC[C@H](CSC[C@H](N)C(=O)NCCOCCOCCOCCP(=O)(O)O)OC(=O)NCCCCCCCC. The molecule has 0 spiro atoms. The summed E-state index contributed by atoms with van der Waals surface area (Å²) in [5.74, 6) is 0.202. The Hall–Kier alpha value is -1.65. The first-order chi connectivity index (χ1) is 23.6. The summed E-state index contributed by atoms with van der Waals surface area (Å²) in [4.78, 5) is 54.6. The van der Waals surface area contributed by atoms with Gasteiger partial charge in [0.1, 0.15) is 12.7 Å². The van der Waals surface area contributed by atoms with Crippen LogP contribution in [0, 0.1) is 0 Å². The van der Waals surface area contributed by atoms with Crippen molar-refractivity contribution in [1.29, 1.82) is 0 Å². The number of unbranched alkanes of at least 4 members (excludes halogenated alkanes) is 10. The molecule has 0 saturated heterocycles. The molecule has 0 radical (unpaired) electrons. The predicted octanol–water partition coefficient (Wildman–Crippen LogP) is 3.93. The number of carbonyl (C=O) groups is 3. The van der Waals surface area contributed by atoms with E-state index in [-0.39, 0.29) is 63.2 Å². The third-order valence-corrected chi connectivity index (χ3v) is 9.00. The molecule has 0 heterocycles. The van der Waals surface area contributed by atoms with Crippen LogP contribution in [0.1, 0.15) is 90.9 Å². The molecular weight excluding hydrogens is 679 g/mol. The molecule has 7 N–H and O–H groups in total. The number of rotatable bonds is 34. The van der Waals surface area contributed by atoms with E-state index in [4.69, 9.17) is 39.2 Å². The number of ether oxygens (including phenoxy) is 5. The Morgan fingerprint density at radius 1 is 0.673 bits per heavy atom. The highest BCUT2D eigenvalue weighted by molar-refractivity contribution is 7.99. The molecule has 0 rings (SSSR count). The van der Waals surface area contributed by atoms with Gasteiger partial charge < -0.3 is 55.2 Å². The zero-order chi connectivity index (χ0) is 36.4. The Morgan fingerprint density at radius 3 is 1.76 bits per heavy atom. The van der Waals surface area contributed by atoms with Gasteiger partial charge in [-0.2, -0.15) is 11.8 Å². The quantitative estimate of drug-likeness (QED) is 0.0407. The van der Waals surface area contributed by atoms with Crippen LogP contribution in [-0.2, 0) is 33.0 Å². The van der Waals surface area contributed by atoms with Crippen LogP contribution in [0.5, 0.6) is 0 Å². The molecular formula is C32H65N4O11PS. The van der Waals surface area contributed by atoms with Crippen molar-refractivity contribution in [3.63, 3.8) is 0 Å². The fourth-order valence-corrected chi connectivity index (χ4v) is 5.56. The Bertz CT molecular complexity index is 873. The minimum atomic E-state index is -4.05. The molecule has 0 aliphatic carbocycles. The van der Waals surface area contributed by atoms with Crippen molar-refractivity contribution in [3.05, 3.63) is 0 Å². The first-order valence-corrected chi connectivity index (χ1v) is 20.8. The third-order valence-electron chi connectivity index (χ3n) is 7.03. The lowest BCUT2D eigenvalue weighted by Gasteiger charge is -2.19. The van der Waals surface area contributed by atoms with E-state index in [2.05, 4.69) is 29.8 Å². The first-order valence-electron chi connectivity index (χ1n) is 17.8. The summed E-state index contributed by atoms with van der Waals surface area (Å²) in [6.45, 7) is 6.81. The van der Waals surface area contributed by atoms with E-state index < -0.39 is 31.9 Å². The van der Waals surface area contributed by atoms with E-state index in [1.165, 1.54) is 50.3 Å². The molecule has 0 aromatic carbocycles. The van der Waals surface area contributed by atoms with Crippen LogP contribution in [0.4, 0.5) is 9.59 Å². The van der Waals surface area contributed by atoms with Gasteiger partial charge in [-0.15, -0.1) is 0 Å². The van der Waals surface area contributed by atoms with E-state index in [0.29, 0.717) is 26.3 Å². The number of nitrogens with one attached hydrogen (secondary N) is 3. The molecule has 49 heavy (non-hydrogen) atoms. The molecule has 0 fully saturated rings. The molecule has 0 aromatic rings. The van der Waals surface area contributed by atoms with Crippen molar-refractivity contribution >= 4 is 37.5 Å². The zero-order valence-electron chi connectivity index (χ0n) is 29.8. The van der Waals surface area contributed by atoms with E-state index >= 15 is 0 Å². The summed E-state index contributed by atoms with van der Waals surface area (Å²) in [6.07, 6.45) is 11.1. The molecule has 0 unspecified atom stereocenters. The molecule has 0 aliphatic heterocycles. The second-order valence-electron chi connectivity index (χ2n) is 11.7. The van der Waals surface area contributed by atoms with Gasteiger partial charge in [0.2, 0.25) is 5.91 Å². The highest BCUT2D eigenvalue weighted by Crippen LogP contribution is 2.33. The number of nitrogens with two attached hydrogens (primary N) is 1. The van der Waals surface area contributed by atoms with Crippen LogP contribution in [0.25, 0.3) is 0 Å². The summed E-state index contributed by atoms with van der Waals surface area (Å²) in [7, 11) is -4.05. The van der Waals surface area contributed by atoms with Crippen LogP contribution in [0.15, 0.2) is 0 Å². The standard InChI is InChI=1S/C32H65N4O11PS/c1-3-5-7-9-11-13-15-35-31(38)46-25-28(47-32(39)36-16-14-12-10-8-6-4-2)26-49-27-29(33)30(37)34-17-18-43-19-20-44-21-22-45-23-24-48(40,41)42/h28-29H,3-27,33H2,1-2H3,(H,34,37)(H,35,38)(H,36,39)(H2,40,41,42)/t28-,29+/m1/s1. The van der Waals surface area contributed by atoms with Crippen LogP contribution >= 0.6 is 19.4 Å². The molecule has 0 bridgehead atoms. The normalized spacial score (nSPS) is 12.7. The van der Waals surface area contributed by atoms with E-state index in [1.54, 1.807) is 0 Å². The maximum atomic E-state index is 12.4. The molecule has 0 saturated carbocycles. The van der Waals surface area contributed by atoms with Crippen molar-refractivity contribution in [2.45, 2.75) is 103 Å². The molecule has 290 valence electrons. The van der Waals surface area contributed by atoms with Crippen LogP contribution < -0.4 is 21.7 Å². The molecule has 0 aliphatic rings. The predicted molar refractivity (Wildman–Crippen MR) is 192 cm³/mol. The summed E-state index contributed by atoms with van der Waals surface area (Å²) in [5.41, 5.74) is 6.05. The topological polar surface area (TPSA) is 217 Å². The third kappa shape index (κ3) is 34.6. The fraction of sp³-hybridized carbons (Fsp3) is 0.906. The molecule has 17 heteroatoms. The molecule has 15 nitrogen and oxygen atoms in total. The number of carbonyl (C=O) groups excluding carboxylic acids is 3. The van der Waals surface area contributed by atoms with Crippen molar-refractivity contribution < 1.29 is 52.4 Å². The average Bonchev–Trinajstić information content (AvgIpc) is 3.06. The van der Waals surface area contributed by atoms with Gasteiger partial charge in [0.15, 0.2) is 0 Å². The van der Waals surface area contributed by atoms with Crippen molar-refractivity contribution in [2.75, 3.05) is 83.6 Å². The Morgan fingerprint density at radius 2 is 1.18 bits per heavy atom. The highest BCUT2D eigenvalue weighted by atomic mass is 32.2. The first kappa shape index (κ1) is 47.4. The van der Waals surface area contributed by atoms with Gasteiger partial charge in [0.05, 0.1) is 51.8 Å². The molecule has 3 amide bonds. The number of alkyl carbamates (subject to hydrolysis) is 2. The van der Waals surface area contributed by atoms with Crippen LogP contribution in [-0.4, -0.2) is 124 Å². The van der Waals surface area contributed by atoms with Gasteiger partial charge in [0.25, 0.3) is 0 Å². The van der Waals surface area contributed by atoms with Gasteiger partial charge in [-0.1, -0.05) is 78.1 Å². The van der Waals surface area contributed by atoms with Gasteiger partial charge in [-0.3, -0.25) is 9.36 Å². The van der Waals surface area contributed by atoms with Gasteiger partial charge in [-0.25, -0.2) is 9.59 Å². The number of hydrogen-bond donors (Lipinski definition) is 6. The van der Waals surface area contributed by atoms with Gasteiger partial charge in [-0.05, 0) is 12.8 Å². The van der Waals surface area contributed by atoms with E-state index in [0.717, 1.165) is 38.5 Å². The van der Waals surface area contributed by atoms with E-state index in [9.17, 15) is 18.9 Å². The average molecular weight is 745 g/mol. The number of hydrogen-bond acceptors (Lipinski definition) is 11. The van der Waals surface area contributed by atoms with Crippen molar-refractivity contribution in [3.8, 4) is 0 Å². The van der Waals surface area contributed by atoms with Crippen LogP contribution in [0.3, 0.4) is 0 Å². The second kappa shape index (κ2) is 33.5. The highest BCUT2D eigenvalue weighted by Gasteiger charge is 2.20. The second-order valence-corrected chi connectivity index (χ2v) is 14.5. The zero-order valence-corrected chi connectivity index (χ0v) is 31.5.